The first kappa shape index (κ1) is 22.9. The summed E-state index contributed by atoms with van der Waals surface area (Å²) in [5.74, 6) is 0.0958. The minimum absolute atomic E-state index is 0.111. The fourth-order valence-electron chi connectivity index (χ4n) is 4.28. The summed E-state index contributed by atoms with van der Waals surface area (Å²) in [6.45, 7) is 1.61. The summed E-state index contributed by atoms with van der Waals surface area (Å²) in [6.07, 6.45) is 6.05. The van der Waals surface area contributed by atoms with E-state index in [1.165, 1.54) is 31.4 Å². The van der Waals surface area contributed by atoms with Gasteiger partial charge in [0.25, 0.3) is 0 Å². The average Bonchev–Trinajstić information content (AvgIpc) is 3.05. The molecule has 2 N–H and O–H groups in total. The van der Waals surface area contributed by atoms with Crippen LogP contribution in [-0.2, 0) is 6.54 Å². The second kappa shape index (κ2) is 10.1. The lowest BCUT2D eigenvalue weighted by atomic mass is 9.89. The molecule has 4 rings (SSSR count). The zero-order valence-corrected chi connectivity index (χ0v) is 19.4. The van der Waals surface area contributed by atoms with Crippen molar-refractivity contribution in [1.82, 2.24) is 14.5 Å². The van der Waals surface area contributed by atoms with Gasteiger partial charge in [0, 0.05) is 29.8 Å². The molecule has 32 heavy (non-hydrogen) atoms. The summed E-state index contributed by atoms with van der Waals surface area (Å²) in [4.78, 5) is 18.8. The topological polar surface area (TPSA) is 53.1 Å². The summed E-state index contributed by atoms with van der Waals surface area (Å²) in [7, 11) is 4.04. The number of benzene rings is 2. The van der Waals surface area contributed by atoms with Crippen LogP contribution in [-0.4, -0.2) is 40.8 Å². The lowest BCUT2D eigenvalue weighted by Crippen LogP contribution is -2.23. The Morgan fingerprint density at radius 1 is 1.12 bits per heavy atom. The summed E-state index contributed by atoms with van der Waals surface area (Å²) < 4.78 is 29.5. The van der Waals surface area contributed by atoms with Crippen molar-refractivity contribution in [3.8, 4) is 0 Å². The highest BCUT2D eigenvalue weighted by molar-refractivity contribution is 7.99. The van der Waals surface area contributed by atoms with Crippen LogP contribution in [0, 0.1) is 17.6 Å². The number of aromatic nitrogens is 2. The number of hydrogen-bond donors (Lipinski definition) is 2. The first-order valence-corrected chi connectivity index (χ1v) is 12.2. The van der Waals surface area contributed by atoms with E-state index in [9.17, 15) is 13.6 Å². The van der Waals surface area contributed by atoms with E-state index in [1.54, 1.807) is 11.8 Å². The Kier molecular flexibility index (Phi) is 7.20. The Morgan fingerprint density at radius 2 is 1.91 bits per heavy atom. The summed E-state index contributed by atoms with van der Waals surface area (Å²) in [5.41, 5.74) is 2.37. The van der Waals surface area contributed by atoms with Crippen LogP contribution in [0.1, 0.15) is 32.1 Å². The van der Waals surface area contributed by atoms with Crippen LogP contribution in [0.15, 0.2) is 40.0 Å². The number of nitrogens with zero attached hydrogens (tertiary/aromatic N) is 2. The van der Waals surface area contributed by atoms with Crippen LogP contribution in [0.5, 0.6) is 0 Å². The third kappa shape index (κ3) is 5.35. The number of rotatable bonds is 8. The third-order valence-electron chi connectivity index (χ3n) is 6.04. The molecule has 0 amide bonds. The highest BCUT2D eigenvalue weighted by atomic mass is 32.2. The van der Waals surface area contributed by atoms with Gasteiger partial charge in [-0.05, 0) is 57.1 Å². The molecule has 3 aromatic rings. The molecule has 1 aromatic heterocycles. The van der Waals surface area contributed by atoms with Gasteiger partial charge in [-0.2, -0.15) is 0 Å². The number of aromatic amines is 1. The molecule has 2 aromatic carbocycles. The Hall–Kier alpha value is -2.32. The fraction of sp³-hybridized carbons (Fsp3) is 0.458. The number of hydrogen-bond acceptors (Lipinski definition) is 4. The van der Waals surface area contributed by atoms with Gasteiger partial charge in [0.05, 0.1) is 22.4 Å². The summed E-state index contributed by atoms with van der Waals surface area (Å²) in [6, 6.07) is 7.35. The summed E-state index contributed by atoms with van der Waals surface area (Å²) >= 11 is 1.65. The standard InChI is InChI=1S/C24H30F2N4OS/c1-29(2)10-11-32-23-14-22-20(13-21(23)27-19-9-8-17(25)12-18(19)26)28-24(31)30(22)15-16-6-4-3-5-7-16/h8-9,12-14,16,27H,3-7,10-11,15H2,1-2H3,(H,28,31). The molecule has 1 saturated carbocycles. The molecule has 0 unspecified atom stereocenters. The van der Waals surface area contributed by atoms with Crippen LogP contribution >= 0.6 is 11.8 Å². The molecule has 0 atom stereocenters. The van der Waals surface area contributed by atoms with Gasteiger partial charge in [-0.15, -0.1) is 11.8 Å². The first-order chi connectivity index (χ1) is 15.4. The number of nitrogens with one attached hydrogen (secondary N) is 2. The SMILES string of the molecule is CN(C)CCSc1cc2c(cc1Nc1ccc(F)cc1F)[nH]c(=O)n2CC1CCCCC1. The van der Waals surface area contributed by atoms with Crippen molar-refractivity contribution in [1.29, 1.82) is 0 Å². The highest BCUT2D eigenvalue weighted by Crippen LogP contribution is 2.34. The van der Waals surface area contributed by atoms with Gasteiger partial charge in [0.1, 0.15) is 11.6 Å². The fourth-order valence-corrected chi connectivity index (χ4v) is 5.42. The van der Waals surface area contributed by atoms with Crippen LogP contribution in [0.3, 0.4) is 0 Å². The number of fused-ring (bicyclic) bond motifs is 1. The molecule has 1 heterocycles. The van der Waals surface area contributed by atoms with E-state index in [-0.39, 0.29) is 11.4 Å². The van der Waals surface area contributed by atoms with E-state index >= 15 is 0 Å². The summed E-state index contributed by atoms with van der Waals surface area (Å²) in [5, 5.41) is 3.10. The molecule has 0 bridgehead atoms. The van der Waals surface area contributed by atoms with Gasteiger partial charge >= 0.3 is 5.69 Å². The average molecular weight is 461 g/mol. The van der Waals surface area contributed by atoms with Gasteiger partial charge in [0.15, 0.2) is 0 Å². The van der Waals surface area contributed by atoms with Crippen molar-refractivity contribution in [2.45, 2.75) is 43.5 Å². The van der Waals surface area contributed by atoms with E-state index in [2.05, 4.69) is 15.2 Å². The van der Waals surface area contributed by atoms with Gasteiger partial charge in [0.2, 0.25) is 0 Å². The second-order valence-electron chi connectivity index (χ2n) is 8.81. The minimum Gasteiger partial charge on any atom is -0.352 e. The Balaban J connectivity index is 1.70. The van der Waals surface area contributed by atoms with Crippen LogP contribution in [0.25, 0.3) is 11.0 Å². The molecule has 0 aliphatic heterocycles. The first-order valence-electron chi connectivity index (χ1n) is 11.2. The maximum atomic E-state index is 14.3. The highest BCUT2D eigenvalue weighted by Gasteiger charge is 2.19. The molecule has 5 nitrogen and oxygen atoms in total. The number of H-pyrrole nitrogens is 1. The lowest BCUT2D eigenvalue weighted by molar-refractivity contribution is 0.319. The van der Waals surface area contributed by atoms with Crippen molar-refractivity contribution in [2.24, 2.45) is 5.92 Å². The smallest absolute Gasteiger partial charge is 0.326 e. The van der Waals surface area contributed by atoms with E-state index in [1.807, 2.05) is 30.8 Å². The van der Waals surface area contributed by atoms with E-state index in [0.29, 0.717) is 17.1 Å². The molecule has 1 aliphatic carbocycles. The van der Waals surface area contributed by atoms with Crippen LogP contribution in [0.2, 0.25) is 0 Å². The van der Waals surface area contributed by atoms with Crippen molar-refractivity contribution in [2.75, 3.05) is 31.7 Å². The van der Waals surface area contributed by atoms with Crippen molar-refractivity contribution < 1.29 is 8.78 Å². The molecule has 1 aliphatic rings. The number of anilines is 2. The maximum absolute atomic E-state index is 14.3. The second-order valence-corrected chi connectivity index (χ2v) is 9.95. The van der Waals surface area contributed by atoms with Gasteiger partial charge in [-0.3, -0.25) is 4.57 Å². The Bertz CT molecular complexity index is 1130. The van der Waals surface area contributed by atoms with Crippen LogP contribution in [0.4, 0.5) is 20.2 Å². The van der Waals surface area contributed by atoms with E-state index < -0.39 is 11.6 Å². The molecule has 172 valence electrons. The molecule has 0 saturated heterocycles. The lowest BCUT2D eigenvalue weighted by Gasteiger charge is -2.22. The molecule has 8 heteroatoms. The van der Waals surface area contributed by atoms with Gasteiger partial charge in [-0.1, -0.05) is 19.3 Å². The Morgan fingerprint density at radius 3 is 2.62 bits per heavy atom. The quantitative estimate of drug-likeness (QED) is 0.431. The molecular formula is C24H30F2N4OS. The molecule has 1 fully saturated rings. The van der Waals surface area contributed by atoms with Crippen molar-refractivity contribution >= 4 is 34.2 Å². The number of halogens is 2. The molecular weight excluding hydrogens is 430 g/mol. The van der Waals surface area contributed by atoms with E-state index in [4.69, 9.17) is 0 Å². The monoisotopic (exact) mass is 460 g/mol. The Labute approximate surface area is 191 Å². The molecule has 0 radical (unpaired) electrons. The van der Waals surface area contributed by atoms with Crippen LogP contribution < -0.4 is 11.0 Å². The number of imidazole rings is 1. The minimum atomic E-state index is -0.655. The predicted octanol–water partition coefficient (Wildman–Crippen LogP) is 5.59. The number of thioether (sulfide) groups is 1. The van der Waals surface area contributed by atoms with Gasteiger partial charge in [-0.25, -0.2) is 13.6 Å². The largest absolute Gasteiger partial charge is 0.352 e. The zero-order valence-electron chi connectivity index (χ0n) is 18.6. The maximum Gasteiger partial charge on any atom is 0.326 e. The molecule has 0 spiro atoms. The van der Waals surface area contributed by atoms with Crippen molar-refractivity contribution in [3.63, 3.8) is 0 Å². The van der Waals surface area contributed by atoms with E-state index in [0.717, 1.165) is 48.2 Å². The predicted molar refractivity (Wildman–Crippen MR) is 128 cm³/mol. The normalized spacial score (nSPS) is 15.0. The van der Waals surface area contributed by atoms with Crippen molar-refractivity contribution in [3.05, 3.63) is 52.5 Å². The van der Waals surface area contributed by atoms with Gasteiger partial charge < -0.3 is 15.2 Å². The third-order valence-corrected chi connectivity index (χ3v) is 7.07. The zero-order chi connectivity index (χ0) is 22.7.